The second-order valence-corrected chi connectivity index (χ2v) is 6.27. The van der Waals surface area contributed by atoms with Gasteiger partial charge in [0, 0.05) is 38.9 Å². The van der Waals surface area contributed by atoms with E-state index in [4.69, 9.17) is 21.7 Å². The molecule has 1 aliphatic rings. The van der Waals surface area contributed by atoms with Crippen molar-refractivity contribution in [1.29, 1.82) is 0 Å². The molecule has 1 fully saturated rings. The van der Waals surface area contributed by atoms with Gasteiger partial charge in [0.25, 0.3) is 0 Å². The van der Waals surface area contributed by atoms with Gasteiger partial charge in [-0.1, -0.05) is 0 Å². The summed E-state index contributed by atoms with van der Waals surface area (Å²) in [6, 6.07) is 2.34. The summed E-state index contributed by atoms with van der Waals surface area (Å²) in [7, 11) is 3.29. The molecule has 8 heteroatoms. The number of rotatable bonds is 7. The van der Waals surface area contributed by atoms with Gasteiger partial charge in [-0.2, -0.15) is 9.97 Å². The number of ether oxygens (including phenoxy) is 2. The predicted molar refractivity (Wildman–Crippen MR) is 100.0 cm³/mol. The molecule has 0 aromatic carbocycles. The molecule has 1 unspecified atom stereocenters. The van der Waals surface area contributed by atoms with E-state index in [1.807, 2.05) is 6.07 Å². The minimum atomic E-state index is 0.450. The van der Waals surface area contributed by atoms with Gasteiger partial charge >= 0.3 is 0 Å². The summed E-state index contributed by atoms with van der Waals surface area (Å²) < 4.78 is 10.3. The first kappa shape index (κ1) is 18.7. The molecule has 0 saturated carbocycles. The quantitative estimate of drug-likeness (QED) is 0.571. The normalized spacial score (nSPS) is 17.5. The highest BCUT2D eigenvalue weighted by atomic mass is 32.1. The topological polar surface area (TPSA) is 71.5 Å². The predicted octanol–water partition coefficient (Wildman–Crippen LogP) is 2.19. The summed E-state index contributed by atoms with van der Waals surface area (Å²) in [4.78, 5) is 11.2. The largest absolute Gasteiger partial charge is 0.481 e. The summed E-state index contributed by atoms with van der Waals surface area (Å²) in [5.74, 6) is 1.85. The zero-order valence-corrected chi connectivity index (χ0v) is 15.5. The number of aromatic nitrogens is 2. The molecule has 1 aliphatic heterocycles. The average molecular weight is 353 g/mol. The van der Waals surface area contributed by atoms with Crippen LogP contribution in [0.4, 0.5) is 11.8 Å². The van der Waals surface area contributed by atoms with Crippen LogP contribution in [0.1, 0.15) is 32.6 Å². The number of thiocarbonyl (C=S) groups is 1. The van der Waals surface area contributed by atoms with E-state index in [2.05, 4.69) is 32.4 Å². The van der Waals surface area contributed by atoms with E-state index in [0.717, 1.165) is 25.3 Å². The van der Waals surface area contributed by atoms with Crippen molar-refractivity contribution >= 4 is 29.1 Å². The van der Waals surface area contributed by atoms with E-state index >= 15 is 0 Å². The molecule has 1 atom stereocenters. The monoisotopic (exact) mass is 353 g/mol. The maximum atomic E-state index is 5.32. The maximum absolute atomic E-state index is 5.32. The fourth-order valence-corrected chi connectivity index (χ4v) is 2.92. The van der Waals surface area contributed by atoms with Gasteiger partial charge in [0.05, 0.1) is 7.11 Å². The number of piperidine rings is 1. The smallest absolute Gasteiger partial charge is 0.234 e. The van der Waals surface area contributed by atoms with Gasteiger partial charge in [-0.15, -0.1) is 0 Å². The zero-order valence-electron chi connectivity index (χ0n) is 14.7. The molecule has 1 aromatic heterocycles. The number of nitrogens with one attached hydrogen (secondary N) is 2. The van der Waals surface area contributed by atoms with Crippen molar-refractivity contribution in [2.75, 3.05) is 44.1 Å². The average Bonchev–Trinajstić information content (AvgIpc) is 2.59. The lowest BCUT2D eigenvalue weighted by Crippen LogP contribution is -2.38. The molecule has 0 spiro atoms. The van der Waals surface area contributed by atoms with Crippen LogP contribution in [0.15, 0.2) is 6.07 Å². The molecule has 2 heterocycles. The minimum Gasteiger partial charge on any atom is -0.481 e. The Hall–Kier alpha value is -1.67. The third-order valence-electron chi connectivity index (χ3n) is 4.03. The van der Waals surface area contributed by atoms with Crippen LogP contribution in [0.5, 0.6) is 5.88 Å². The Kier molecular flexibility index (Phi) is 7.45. The lowest BCUT2D eigenvalue weighted by Gasteiger charge is -2.34. The maximum Gasteiger partial charge on any atom is 0.234 e. The standard InChI is InChI=1S/C16H27N5O2S/c1-12-7-4-5-9-21(12)13-11-14(23-3)19-15(18-13)20-16(24)17-8-6-10-22-2/h11-12H,4-10H2,1-3H3,(H2,17,18,19,20,24). The number of methoxy groups -OCH3 is 2. The fourth-order valence-electron chi connectivity index (χ4n) is 2.72. The Morgan fingerprint density at radius 2 is 2.21 bits per heavy atom. The Labute approximate surface area is 149 Å². The van der Waals surface area contributed by atoms with E-state index in [1.54, 1.807) is 14.2 Å². The molecule has 24 heavy (non-hydrogen) atoms. The SMILES string of the molecule is COCCCNC(=S)Nc1nc(OC)cc(N2CCCCC2C)n1. The Bertz CT molecular complexity index is 543. The number of nitrogens with zero attached hydrogens (tertiary/aromatic N) is 3. The van der Waals surface area contributed by atoms with Crippen molar-refractivity contribution < 1.29 is 9.47 Å². The van der Waals surface area contributed by atoms with E-state index in [0.29, 0.717) is 29.6 Å². The first-order valence-corrected chi connectivity index (χ1v) is 8.78. The summed E-state index contributed by atoms with van der Waals surface area (Å²) in [5.41, 5.74) is 0. The molecule has 134 valence electrons. The molecule has 1 saturated heterocycles. The van der Waals surface area contributed by atoms with Crippen LogP contribution in [0.25, 0.3) is 0 Å². The van der Waals surface area contributed by atoms with Crippen LogP contribution in [0.2, 0.25) is 0 Å². The Morgan fingerprint density at radius 3 is 2.92 bits per heavy atom. The van der Waals surface area contributed by atoms with Gasteiger partial charge in [-0.05, 0) is 44.8 Å². The Balaban J connectivity index is 2.03. The van der Waals surface area contributed by atoms with Crippen molar-refractivity contribution in [1.82, 2.24) is 15.3 Å². The zero-order chi connectivity index (χ0) is 17.4. The number of anilines is 2. The van der Waals surface area contributed by atoms with Crippen molar-refractivity contribution in [3.63, 3.8) is 0 Å². The van der Waals surface area contributed by atoms with Crippen LogP contribution >= 0.6 is 12.2 Å². The molecule has 1 aromatic rings. The highest BCUT2D eigenvalue weighted by molar-refractivity contribution is 7.80. The third-order valence-corrected chi connectivity index (χ3v) is 4.28. The van der Waals surface area contributed by atoms with Crippen LogP contribution < -0.4 is 20.3 Å². The molecule has 0 bridgehead atoms. The lowest BCUT2D eigenvalue weighted by molar-refractivity contribution is 0.196. The molecular formula is C16H27N5O2S. The first-order chi connectivity index (χ1) is 11.6. The van der Waals surface area contributed by atoms with Gasteiger partial charge in [-0.25, -0.2) is 0 Å². The van der Waals surface area contributed by atoms with E-state index in [1.165, 1.54) is 19.3 Å². The van der Waals surface area contributed by atoms with Gasteiger partial charge in [0.2, 0.25) is 11.8 Å². The summed E-state index contributed by atoms with van der Waals surface area (Å²) >= 11 is 5.29. The van der Waals surface area contributed by atoms with Crippen molar-refractivity contribution in [3.8, 4) is 5.88 Å². The molecule has 0 aliphatic carbocycles. The fraction of sp³-hybridized carbons (Fsp3) is 0.688. The third kappa shape index (κ3) is 5.45. The summed E-state index contributed by atoms with van der Waals surface area (Å²) in [5, 5.41) is 6.65. The van der Waals surface area contributed by atoms with Crippen LogP contribution in [-0.2, 0) is 4.74 Å². The highest BCUT2D eigenvalue weighted by Crippen LogP contribution is 2.26. The minimum absolute atomic E-state index is 0.450. The van der Waals surface area contributed by atoms with Crippen molar-refractivity contribution in [2.45, 2.75) is 38.6 Å². The lowest BCUT2D eigenvalue weighted by atomic mass is 10.0. The van der Waals surface area contributed by atoms with E-state index in [9.17, 15) is 0 Å². The summed E-state index contributed by atoms with van der Waals surface area (Å²) in [6.07, 6.45) is 4.50. The number of hydrogen-bond acceptors (Lipinski definition) is 6. The number of hydrogen-bond donors (Lipinski definition) is 2. The van der Waals surface area contributed by atoms with Gasteiger partial charge in [0.1, 0.15) is 5.82 Å². The van der Waals surface area contributed by atoms with E-state index < -0.39 is 0 Å². The highest BCUT2D eigenvalue weighted by Gasteiger charge is 2.21. The molecule has 2 rings (SSSR count). The Morgan fingerprint density at radius 1 is 1.38 bits per heavy atom. The summed E-state index contributed by atoms with van der Waals surface area (Å²) in [6.45, 7) is 4.66. The van der Waals surface area contributed by atoms with E-state index in [-0.39, 0.29) is 0 Å². The molecule has 7 nitrogen and oxygen atoms in total. The molecule has 2 N–H and O–H groups in total. The van der Waals surface area contributed by atoms with Gasteiger partial charge in [-0.3, -0.25) is 0 Å². The van der Waals surface area contributed by atoms with Crippen molar-refractivity contribution in [2.24, 2.45) is 0 Å². The first-order valence-electron chi connectivity index (χ1n) is 8.37. The molecule has 0 radical (unpaired) electrons. The molecular weight excluding hydrogens is 326 g/mol. The second-order valence-electron chi connectivity index (χ2n) is 5.86. The van der Waals surface area contributed by atoms with Gasteiger partial charge < -0.3 is 25.0 Å². The van der Waals surface area contributed by atoms with Crippen LogP contribution in [0, 0.1) is 0 Å². The van der Waals surface area contributed by atoms with Crippen LogP contribution in [-0.4, -0.2) is 55.0 Å². The van der Waals surface area contributed by atoms with Gasteiger partial charge in [0.15, 0.2) is 5.11 Å². The molecule has 0 amide bonds. The van der Waals surface area contributed by atoms with Crippen molar-refractivity contribution in [3.05, 3.63) is 6.07 Å². The second kappa shape index (κ2) is 9.58. The van der Waals surface area contributed by atoms with Crippen LogP contribution in [0.3, 0.4) is 0 Å².